The van der Waals surface area contributed by atoms with Crippen molar-refractivity contribution in [3.05, 3.63) is 29.8 Å². The van der Waals surface area contributed by atoms with E-state index in [0.717, 1.165) is 18.7 Å². The highest BCUT2D eigenvalue weighted by molar-refractivity contribution is 5.27. The molecule has 0 radical (unpaired) electrons. The van der Waals surface area contributed by atoms with Crippen LogP contribution in [0.15, 0.2) is 24.3 Å². The van der Waals surface area contributed by atoms with Crippen molar-refractivity contribution in [1.82, 2.24) is 10.2 Å². The van der Waals surface area contributed by atoms with E-state index < -0.39 is 0 Å². The van der Waals surface area contributed by atoms with E-state index in [9.17, 15) is 0 Å². The Balaban J connectivity index is 1.70. The molecule has 0 spiro atoms. The van der Waals surface area contributed by atoms with Gasteiger partial charge < -0.3 is 15.0 Å². The summed E-state index contributed by atoms with van der Waals surface area (Å²) in [6.07, 6.45) is 3.70. The molecule has 0 aromatic heterocycles. The van der Waals surface area contributed by atoms with Gasteiger partial charge in [0.05, 0.1) is 7.11 Å². The molecule has 1 aromatic rings. The zero-order valence-corrected chi connectivity index (χ0v) is 13.1. The van der Waals surface area contributed by atoms with Crippen molar-refractivity contribution < 1.29 is 4.74 Å². The predicted octanol–water partition coefficient (Wildman–Crippen LogP) is 2.56. The number of rotatable bonds is 6. The van der Waals surface area contributed by atoms with Gasteiger partial charge in [0.25, 0.3) is 0 Å². The van der Waals surface area contributed by atoms with Gasteiger partial charge in [-0.25, -0.2) is 0 Å². The van der Waals surface area contributed by atoms with Crippen LogP contribution in [0.1, 0.15) is 25.3 Å². The predicted molar refractivity (Wildman–Crippen MR) is 84.4 cm³/mol. The second-order valence-corrected chi connectivity index (χ2v) is 6.14. The Hall–Kier alpha value is -1.06. The zero-order chi connectivity index (χ0) is 14.4. The summed E-state index contributed by atoms with van der Waals surface area (Å²) in [7, 11) is 3.92. The maximum Gasteiger partial charge on any atom is 0.118 e. The molecule has 0 aliphatic carbocycles. The second kappa shape index (κ2) is 7.65. The van der Waals surface area contributed by atoms with Crippen LogP contribution >= 0.6 is 0 Å². The number of nitrogens with one attached hydrogen (secondary N) is 1. The van der Waals surface area contributed by atoms with Gasteiger partial charge in [-0.15, -0.1) is 0 Å². The molecule has 0 bridgehead atoms. The number of methoxy groups -OCH3 is 1. The van der Waals surface area contributed by atoms with E-state index >= 15 is 0 Å². The molecule has 2 rings (SSSR count). The third-order valence-corrected chi connectivity index (χ3v) is 4.22. The number of hydrogen-bond acceptors (Lipinski definition) is 3. The Labute approximate surface area is 123 Å². The first-order valence-electron chi connectivity index (χ1n) is 7.72. The van der Waals surface area contributed by atoms with Gasteiger partial charge in [0.15, 0.2) is 0 Å². The van der Waals surface area contributed by atoms with Crippen LogP contribution in [0, 0.1) is 5.92 Å². The van der Waals surface area contributed by atoms with Crippen LogP contribution in [0.4, 0.5) is 0 Å². The number of nitrogens with zero attached hydrogens (tertiary/aromatic N) is 1. The average Bonchev–Trinajstić information content (AvgIpc) is 2.47. The van der Waals surface area contributed by atoms with Gasteiger partial charge in [-0.1, -0.05) is 19.1 Å². The fourth-order valence-corrected chi connectivity index (χ4v) is 2.82. The van der Waals surface area contributed by atoms with E-state index in [-0.39, 0.29) is 0 Å². The van der Waals surface area contributed by atoms with E-state index in [1.54, 1.807) is 7.11 Å². The summed E-state index contributed by atoms with van der Waals surface area (Å²) < 4.78 is 5.19. The van der Waals surface area contributed by atoms with E-state index in [4.69, 9.17) is 4.74 Å². The fourth-order valence-electron chi connectivity index (χ4n) is 2.82. The molecule has 1 fully saturated rings. The molecule has 1 N–H and O–H groups in total. The molecule has 0 unspecified atom stereocenters. The SMILES string of the molecule is COc1ccc(C[C@H](C)CNC2CCN(C)CC2)cc1. The lowest BCUT2D eigenvalue weighted by Crippen LogP contribution is -2.42. The van der Waals surface area contributed by atoms with E-state index in [1.807, 2.05) is 12.1 Å². The van der Waals surface area contributed by atoms with Gasteiger partial charge in [0.2, 0.25) is 0 Å². The van der Waals surface area contributed by atoms with Gasteiger partial charge in [0, 0.05) is 6.04 Å². The number of piperidine rings is 1. The number of ether oxygens (including phenoxy) is 1. The topological polar surface area (TPSA) is 24.5 Å². The van der Waals surface area contributed by atoms with Crippen molar-refractivity contribution in [1.29, 1.82) is 0 Å². The lowest BCUT2D eigenvalue weighted by molar-refractivity contribution is 0.230. The van der Waals surface area contributed by atoms with Crippen LogP contribution < -0.4 is 10.1 Å². The van der Waals surface area contributed by atoms with Crippen LogP contribution in [0.2, 0.25) is 0 Å². The van der Waals surface area contributed by atoms with Crippen molar-refractivity contribution in [3.63, 3.8) is 0 Å². The molecule has 20 heavy (non-hydrogen) atoms. The molecular weight excluding hydrogens is 248 g/mol. The largest absolute Gasteiger partial charge is 0.497 e. The Morgan fingerprint density at radius 2 is 1.90 bits per heavy atom. The summed E-state index contributed by atoms with van der Waals surface area (Å²) in [6, 6.07) is 9.15. The van der Waals surface area contributed by atoms with E-state index in [0.29, 0.717) is 12.0 Å². The van der Waals surface area contributed by atoms with Gasteiger partial charge in [-0.3, -0.25) is 0 Å². The number of hydrogen-bond donors (Lipinski definition) is 1. The van der Waals surface area contributed by atoms with Crippen molar-refractivity contribution >= 4 is 0 Å². The van der Waals surface area contributed by atoms with E-state index in [1.165, 1.54) is 31.5 Å². The monoisotopic (exact) mass is 276 g/mol. The summed E-state index contributed by atoms with van der Waals surface area (Å²) in [5.41, 5.74) is 1.39. The minimum absolute atomic E-state index is 0.669. The Kier molecular flexibility index (Phi) is 5.86. The summed E-state index contributed by atoms with van der Waals surface area (Å²) in [5.74, 6) is 1.61. The standard InChI is InChI=1S/C17H28N2O/c1-14(12-15-4-6-17(20-3)7-5-15)13-18-16-8-10-19(2)11-9-16/h4-7,14,16,18H,8-13H2,1-3H3/t14-/m0/s1. The van der Waals surface area contributed by atoms with Crippen molar-refractivity contribution in [2.45, 2.75) is 32.2 Å². The lowest BCUT2D eigenvalue weighted by atomic mass is 9.99. The zero-order valence-electron chi connectivity index (χ0n) is 13.1. The average molecular weight is 276 g/mol. The van der Waals surface area contributed by atoms with Crippen LogP contribution in [0.25, 0.3) is 0 Å². The fraction of sp³-hybridized carbons (Fsp3) is 0.647. The quantitative estimate of drug-likeness (QED) is 0.864. The second-order valence-electron chi connectivity index (χ2n) is 6.14. The van der Waals surface area contributed by atoms with Gasteiger partial charge in [-0.2, -0.15) is 0 Å². The molecular formula is C17H28N2O. The molecule has 1 atom stereocenters. The van der Waals surface area contributed by atoms with Crippen LogP contribution in [-0.2, 0) is 6.42 Å². The number of likely N-dealkylation sites (tertiary alicyclic amines) is 1. The smallest absolute Gasteiger partial charge is 0.118 e. The highest BCUT2D eigenvalue weighted by atomic mass is 16.5. The third-order valence-electron chi connectivity index (χ3n) is 4.22. The summed E-state index contributed by atoms with van der Waals surface area (Å²) >= 11 is 0. The Morgan fingerprint density at radius 1 is 1.25 bits per heavy atom. The summed E-state index contributed by atoms with van der Waals surface area (Å²) in [6.45, 7) is 5.89. The van der Waals surface area contributed by atoms with Crippen molar-refractivity contribution in [2.24, 2.45) is 5.92 Å². The molecule has 1 aliphatic rings. The van der Waals surface area contributed by atoms with Gasteiger partial charge in [0.1, 0.15) is 5.75 Å². The van der Waals surface area contributed by atoms with Gasteiger partial charge >= 0.3 is 0 Å². The molecule has 1 aliphatic heterocycles. The van der Waals surface area contributed by atoms with Crippen LogP contribution in [0.5, 0.6) is 5.75 Å². The highest BCUT2D eigenvalue weighted by Gasteiger charge is 2.16. The minimum Gasteiger partial charge on any atom is -0.497 e. The van der Waals surface area contributed by atoms with Crippen molar-refractivity contribution in [3.8, 4) is 5.75 Å². The normalized spacial score (nSPS) is 18.9. The molecule has 1 aromatic carbocycles. The Bertz CT molecular complexity index is 382. The molecule has 1 heterocycles. The Morgan fingerprint density at radius 3 is 2.50 bits per heavy atom. The molecule has 112 valence electrons. The van der Waals surface area contributed by atoms with Gasteiger partial charge in [-0.05, 0) is 69.6 Å². The first-order chi connectivity index (χ1) is 9.67. The summed E-state index contributed by atoms with van der Waals surface area (Å²) in [4.78, 5) is 2.42. The number of benzene rings is 1. The first-order valence-corrected chi connectivity index (χ1v) is 7.72. The first kappa shape index (κ1) is 15.3. The van der Waals surface area contributed by atoms with Crippen LogP contribution in [-0.4, -0.2) is 44.7 Å². The minimum atomic E-state index is 0.669. The molecule has 1 saturated heterocycles. The molecule has 0 amide bonds. The maximum absolute atomic E-state index is 5.19. The maximum atomic E-state index is 5.19. The highest BCUT2D eigenvalue weighted by Crippen LogP contribution is 2.15. The molecule has 0 saturated carbocycles. The summed E-state index contributed by atoms with van der Waals surface area (Å²) in [5, 5.41) is 3.73. The molecule has 3 heteroatoms. The molecule has 3 nitrogen and oxygen atoms in total. The lowest BCUT2D eigenvalue weighted by Gasteiger charge is -2.30. The van der Waals surface area contributed by atoms with Crippen LogP contribution in [0.3, 0.4) is 0 Å². The van der Waals surface area contributed by atoms with Crippen molar-refractivity contribution in [2.75, 3.05) is 33.8 Å². The third kappa shape index (κ3) is 4.80. The van der Waals surface area contributed by atoms with E-state index in [2.05, 4.69) is 36.3 Å².